The molecule has 1 aliphatic heterocycles. The molecule has 144 valence electrons. The van der Waals surface area contributed by atoms with Gasteiger partial charge in [0.1, 0.15) is 5.69 Å². The Hall–Kier alpha value is -2.84. The Morgan fingerprint density at radius 3 is 2.44 bits per heavy atom. The smallest absolute Gasteiger partial charge is 0.394 e. The van der Waals surface area contributed by atoms with Gasteiger partial charge in [0.25, 0.3) is 5.91 Å². The lowest BCUT2D eigenvalue weighted by Crippen LogP contribution is -2.34. The van der Waals surface area contributed by atoms with E-state index in [-0.39, 0.29) is 5.69 Å². The van der Waals surface area contributed by atoms with E-state index in [4.69, 9.17) is 5.11 Å². The Bertz CT molecular complexity index is 891. The van der Waals surface area contributed by atoms with Crippen LogP contribution in [0.4, 0.5) is 13.2 Å². The first-order valence-corrected chi connectivity index (χ1v) is 8.29. The molecule has 0 spiro atoms. The van der Waals surface area contributed by atoms with Crippen molar-refractivity contribution in [2.24, 2.45) is 11.8 Å². The molecule has 9 heteroatoms. The van der Waals surface area contributed by atoms with Crippen molar-refractivity contribution in [2.45, 2.75) is 20.0 Å². The molecule has 1 aromatic heterocycles. The topological polar surface area (TPSA) is 86.3 Å². The highest BCUT2D eigenvalue weighted by Gasteiger charge is 2.53. The van der Waals surface area contributed by atoms with E-state index in [1.165, 1.54) is 6.07 Å². The van der Waals surface area contributed by atoms with Gasteiger partial charge in [-0.25, -0.2) is 0 Å². The fraction of sp³-hybridized carbons (Fsp3) is 0.389. The number of likely N-dealkylation sites (tertiary alicyclic amines) is 1. The fourth-order valence-electron chi connectivity index (χ4n) is 3.20. The Kier molecular flexibility index (Phi) is 4.71. The Balaban J connectivity index is 1.82. The number of aromatic amines is 1. The summed E-state index contributed by atoms with van der Waals surface area (Å²) in [6.45, 7) is 2.72. The number of alkyl halides is 3. The molecule has 0 saturated carbocycles. The highest BCUT2D eigenvalue weighted by molar-refractivity contribution is 5.94. The summed E-state index contributed by atoms with van der Waals surface area (Å²) in [5.74, 6) is -6.01. The Morgan fingerprint density at radius 2 is 1.89 bits per heavy atom. The van der Waals surface area contributed by atoms with Gasteiger partial charge < -0.3 is 10.0 Å². The number of halogens is 3. The summed E-state index contributed by atoms with van der Waals surface area (Å²) in [5.41, 5.74) is 3.42. The average Bonchev–Trinajstić information content (AvgIpc) is 3.23. The van der Waals surface area contributed by atoms with Crippen molar-refractivity contribution < 1.29 is 27.9 Å². The lowest BCUT2D eigenvalue weighted by Gasteiger charge is -2.18. The van der Waals surface area contributed by atoms with Gasteiger partial charge >= 0.3 is 12.1 Å². The van der Waals surface area contributed by atoms with Crippen LogP contribution in [0.1, 0.15) is 21.6 Å². The lowest BCUT2D eigenvalue weighted by atomic mass is 9.96. The van der Waals surface area contributed by atoms with Crippen molar-refractivity contribution in [3.05, 3.63) is 41.1 Å². The van der Waals surface area contributed by atoms with Crippen LogP contribution in [0.15, 0.2) is 24.3 Å². The molecular weight excluding hydrogens is 363 g/mol. The molecule has 1 aromatic carbocycles. The van der Waals surface area contributed by atoms with Crippen LogP contribution >= 0.6 is 0 Å². The van der Waals surface area contributed by atoms with Crippen LogP contribution in [0.2, 0.25) is 0 Å². The zero-order valence-corrected chi connectivity index (χ0v) is 14.7. The molecule has 1 amide bonds. The maximum atomic E-state index is 13.1. The van der Waals surface area contributed by atoms with Gasteiger partial charge in [-0.3, -0.25) is 14.7 Å². The lowest BCUT2D eigenvalue weighted by molar-refractivity contribution is -0.187. The number of amides is 1. The molecule has 0 radical (unpaired) electrons. The number of aliphatic carboxylic acids is 1. The number of rotatable bonds is 3. The summed E-state index contributed by atoms with van der Waals surface area (Å²) in [4.78, 5) is 24.6. The van der Waals surface area contributed by atoms with Gasteiger partial charge in [0.2, 0.25) is 0 Å². The third kappa shape index (κ3) is 3.67. The molecule has 1 saturated heterocycles. The van der Waals surface area contributed by atoms with Crippen LogP contribution in [-0.2, 0) is 4.79 Å². The van der Waals surface area contributed by atoms with E-state index in [0.717, 1.165) is 21.6 Å². The van der Waals surface area contributed by atoms with Crippen LogP contribution in [0.5, 0.6) is 0 Å². The zero-order valence-electron chi connectivity index (χ0n) is 14.7. The van der Waals surface area contributed by atoms with Crippen molar-refractivity contribution in [3.8, 4) is 11.3 Å². The molecule has 1 fully saturated rings. The van der Waals surface area contributed by atoms with E-state index < -0.39 is 43.0 Å². The summed E-state index contributed by atoms with van der Waals surface area (Å²) < 4.78 is 39.3. The van der Waals surface area contributed by atoms with Gasteiger partial charge in [-0.1, -0.05) is 12.1 Å². The van der Waals surface area contributed by atoms with E-state index in [0.29, 0.717) is 5.69 Å². The maximum absolute atomic E-state index is 13.1. The number of benzene rings is 1. The summed E-state index contributed by atoms with van der Waals surface area (Å²) >= 11 is 0. The molecular formula is C18H18F3N3O3. The largest absolute Gasteiger partial charge is 0.481 e. The maximum Gasteiger partial charge on any atom is 0.394 e. The summed E-state index contributed by atoms with van der Waals surface area (Å²) in [6, 6.07) is 7.11. The van der Waals surface area contributed by atoms with Crippen LogP contribution in [0.3, 0.4) is 0 Å². The number of hydrogen-bond donors (Lipinski definition) is 2. The van der Waals surface area contributed by atoms with E-state index >= 15 is 0 Å². The van der Waals surface area contributed by atoms with Gasteiger partial charge in [-0.05, 0) is 37.1 Å². The van der Waals surface area contributed by atoms with Crippen molar-refractivity contribution in [2.75, 3.05) is 13.1 Å². The molecule has 2 heterocycles. The minimum Gasteiger partial charge on any atom is -0.481 e. The zero-order chi connectivity index (χ0) is 19.9. The summed E-state index contributed by atoms with van der Waals surface area (Å²) in [6.07, 6.45) is -4.68. The number of nitrogens with one attached hydrogen (secondary N) is 1. The normalized spacial score (nSPS) is 20.1. The monoisotopic (exact) mass is 381 g/mol. The first-order chi connectivity index (χ1) is 12.6. The quantitative estimate of drug-likeness (QED) is 0.856. The van der Waals surface area contributed by atoms with E-state index in [1.807, 2.05) is 32.0 Å². The average molecular weight is 381 g/mol. The van der Waals surface area contributed by atoms with Crippen LogP contribution in [-0.4, -0.2) is 51.3 Å². The van der Waals surface area contributed by atoms with E-state index in [2.05, 4.69) is 10.2 Å². The van der Waals surface area contributed by atoms with Crippen molar-refractivity contribution in [1.82, 2.24) is 15.1 Å². The number of H-pyrrole nitrogens is 1. The van der Waals surface area contributed by atoms with Crippen LogP contribution in [0.25, 0.3) is 11.3 Å². The minimum absolute atomic E-state index is 0.0233. The third-order valence-electron chi connectivity index (χ3n) is 4.96. The van der Waals surface area contributed by atoms with Gasteiger partial charge in [-0.15, -0.1) is 0 Å². The highest BCUT2D eigenvalue weighted by Crippen LogP contribution is 2.38. The number of carbonyl (C=O) groups is 2. The van der Waals surface area contributed by atoms with Crippen molar-refractivity contribution in [3.63, 3.8) is 0 Å². The number of aryl methyl sites for hydroxylation is 2. The standard InChI is InChI=1S/C18H18F3N3O3/c1-9-3-4-11(5-10(9)2)14-6-15(23-22-14)16(25)24-7-12(17(26)27)13(8-24)18(19,20)21/h3-6,12-13H,7-8H2,1-2H3,(H,22,23)(H,26,27)/t12-,13-/m1/s1. The summed E-state index contributed by atoms with van der Waals surface area (Å²) in [5, 5.41) is 15.7. The molecule has 0 aliphatic carbocycles. The summed E-state index contributed by atoms with van der Waals surface area (Å²) in [7, 11) is 0. The second kappa shape index (κ2) is 6.71. The molecule has 3 rings (SSSR count). The molecule has 2 N–H and O–H groups in total. The van der Waals surface area contributed by atoms with Gasteiger partial charge in [0, 0.05) is 18.7 Å². The molecule has 0 bridgehead atoms. The second-order valence-electron chi connectivity index (χ2n) is 6.77. The van der Waals surface area contributed by atoms with E-state index in [9.17, 15) is 22.8 Å². The van der Waals surface area contributed by atoms with Crippen molar-refractivity contribution >= 4 is 11.9 Å². The Morgan fingerprint density at radius 1 is 1.19 bits per heavy atom. The minimum atomic E-state index is -4.68. The predicted molar refractivity (Wildman–Crippen MR) is 90.1 cm³/mol. The molecule has 0 unspecified atom stereocenters. The first-order valence-electron chi connectivity index (χ1n) is 8.29. The van der Waals surface area contributed by atoms with Crippen LogP contribution < -0.4 is 0 Å². The number of carboxylic acid groups (broad SMARTS) is 1. The molecule has 6 nitrogen and oxygen atoms in total. The van der Waals surface area contributed by atoms with Gasteiger partial charge in [-0.2, -0.15) is 18.3 Å². The number of aromatic nitrogens is 2. The fourth-order valence-corrected chi connectivity index (χ4v) is 3.20. The number of nitrogens with zero attached hydrogens (tertiary/aromatic N) is 2. The number of carboxylic acids is 1. The van der Waals surface area contributed by atoms with Crippen molar-refractivity contribution in [1.29, 1.82) is 0 Å². The van der Waals surface area contributed by atoms with Gasteiger partial charge in [0.05, 0.1) is 17.5 Å². The number of hydrogen-bond acceptors (Lipinski definition) is 3. The highest BCUT2D eigenvalue weighted by atomic mass is 19.4. The Labute approximate surface area is 153 Å². The molecule has 2 atom stereocenters. The van der Waals surface area contributed by atoms with Gasteiger partial charge in [0.15, 0.2) is 0 Å². The third-order valence-corrected chi connectivity index (χ3v) is 4.96. The predicted octanol–water partition coefficient (Wildman–Crippen LogP) is 3.03. The number of carbonyl (C=O) groups excluding carboxylic acids is 1. The SMILES string of the molecule is Cc1ccc(-c2cc(C(=O)N3C[C@@H](C(F)(F)F)[C@H](C(=O)O)C3)[nH]n2)cc1C. The molecule has 2 aromatic rings. The van der Waals surface area contributed by atoms with Crippen LogP contribution in [0, 0.1) is 25.7 Å². The molecule has 27 heavy (non-hydrogen) atoms. The van der Waals surface area contributed by atoms with E-state index in [1.54, 1.807) is 0 Å². The second-order valence-corrected chi connectivity index (χ2v) is 6.77. The molecule has 1 aliphatic rings. The first kappa shape index (κ1) is 18.9.